The zero-order valence-corrected chi connectivity index (χ0v) is 14.5. The van der Waals surface area contributed by atoms with Crippen LogP contribution in [0.1, 0.15) is 0 Å². The van der Waals surface area contributed by atoms with Crippen LogP contribution in [-0.4, -0.2) is 34.1 Å². The zero-order chi connectivity index (χ0) is 17.6. The van der Waals surface area contributed by atoms with Crippen LogP contribution in [0.5, 0.6) is 17.2 Å². The molecule has 25 heavy (non-hydrogen) atoms. The van der Waals surface area contributed by atoms with E-state index in [1.807, 2.05) is 48.8 Å². The van der Waals surface area contributed by atoms with E-state index in [2.05, 4.69) is 15.2 Å². The van der Waals surface area contributed by atoms with Gasteiger partial charge in [-0.15, -0.1) is 0 Å². The second kappa shape index (κ2) is 7.61. The summed E-state index contributed by atoms with van der Waals surface area (Å²) in [4.78, 5) is 6.20. The first kappa shape index (κ1) is 16.7. The average Bonchev–Trinajstić information content (AvgIpc) is 2.69. The van der Waals surface area contributed by atoms with Crippen molar-refractivity contribution in [3.63, 3.8) is 0 Å². The Balaban J connectivity index is 2.02. The quantitative estimate of drug-likeness (QED) is 0.867. The van der Waals surface area contributed by atoms with Crippen LogP contribution in [-0.2, 0) is 0 Å². The SMILES string of the molecule is COc1ccc(Nc2c(OC)cc(OC)cc2N2C=CN=CC2)cc1. The van der Waals surface area contributed by atoms with Crippen LogP contribution in [0.4, 0.5) is 17.1 Å². The molecule has 1 heterocycles. The molecule has 0 radical (unpaired) electrons. The summed E-state index contributed by atoms with van der Waals surface area (Å²) in [5.41, 5.74) is 2.73. The minimum absolute atomic E-state index is 0.671. The highest BCUT2D eigenvalue weighted by atomic mass is 16.5. The van der Waals surface area contributed by atoms with E-state index in [1.54, 1.807) is 27.5 Å². The number of hydrogen-bond donors (Lipinski definition) is 1. The Labute approximate surface area is 147 Å². The Morgan fingerprint density at radius 2 is 1.72 bits per heavy atom. The third-order valence-electron chi connectivity index (χ3n) is 3.90. The van der Waals surface area contributed by atoms with E-state index in [4.69, 9.17) is 14.2 Å². The zero-order valence-electron chi connectivity index (χ0n) is 14.5. The number of rotatable bonds is 6. The summed E-state index contributed by atoms with van der Waals surface area (Å²) in [6.07, 6.45) is 5.53. The summed E-state index contributed by atoms with van der Waals surface area (Å²) in [6.45, 7) is 0.671. The first-order valence-electron chi connectivity index (χ1n) is 7.87. The minimum Gasteiger partial charge on any atom is -0.497 e. The van der Waals surface area contributed by atoms with Gasteiger partial charge in [0.05, 0.1) is 33.6 Å². The van der Waals surface area contributed by atoms with Gasteiger partial charge in [0.25, 0.3) is 0 Å². The topological polar surface area (TPSA) is 55.3 Å². The molecular weight excluding hydrogens is 318 g/mol. The Morgan fingerprint density at radius 3 is 2.32 bits per heavy atom. The van der Waals surface area contributed by atoms with E-state index in [1.165, 1.54) is 0 Å². The Morgan fingerprint density at radius 1 is 0.960 bits per heavy atom. The van der Waals surface area contributed by atoms with Gasteiger partial charge in [-0.1, -0.05) is 0 Å². The van der Waals surface area contributed by atoms with Crippen molar-refractivity contribution < 1.29 is 14.2 Å². The lowest BCUT2D eigenvalue weighted by molar-refractivity contribution is 0.396. The number of nitrogens with one attached hydrogen (secondary N) is 1. The molecule has 3 rings (SSSR count). The number of anilines is 3. The lowest BCUT2D eigenvalue weighted by Crippen LogP contribution is -2.21. The van der Waals surface area contributed by atoms with Crippen LogP contribution in [0.15, 0.2) is 53.8 Å². The molecule has 1 aliphatic heterocycles. The van der Waals surface area contributed by atoms with E-state index in [-0.39, 0.29) is 0 Å². The van der Waals surface area contributed by atoms with Gasteiger partial charge in [0, 0.05) is 36.4 Å². The number of hydrogen-bond acceptors (Lipinski definition) is 6. The van der Waals surface area contributed by atoms with Crippen molar-refractivity contribution in [1.29, 1.82) is 0 Å². The summed E-state index contributed by atoms with van der Waals surface area (Å²) < 4.78 is 16.2. The fourth-order valence-electron chi connectivity index (χ4n) is 2.58. The van der Waals surface area contributed by atoms with Crippen LogP contribution in [0.2, 0.25) is 0 Å². The molecule has 0 amide bonds. The summed E-state index contributed by atoms with van der Waals surface area (Å²) >= 11 is 0. The molecule has 0 aromatic heterocycles. The van der Waals surface area contributed by atoms with E-state index in [9.17, 15) is 0 Å². The van der Waals surface area contributed by atoms with Gasteiger partial charge in [-0.25, -0.2) is 0 Å². The molecule has 0 atom stereocenters. The van der Waals surface area contributed by atoms with E-state index >= 15 is 0 Å². The van der Waals surface area contributed by atoms with Gasteiger partial charge in [-0.3, -0.25) is 4.99 Å². The molecule has 0 unspecified atom stereocenters. The number of ether oxygens (including phenoxy) is 3. The van der Waals surface area contributed by atoms with Gasteiger partial charge >= 0.3 is 0 Å². The largest absolute Gasteiger partial charge is 0.497 e. The van der Waals surface area contributed by atoms with Crippen LogP contribution >= 0.6 is 0 Å². The lowest BCUT2D eigenvalue weighted by atomic mass is 10.2. The summed E-state index contributed by atoms with van der Waals surface area (Å²) in [5, 5.41) is 3.44. The van der Waals surface area contributed by atoms with Crippen molar-refractivity contribution in [2.45, 2.75) is 0 Å². The molecule has 130 valence electrons. The molecule has 0 fully saturated rings. The molecule has 0 saturated heterocycles. The first-order chi connectivity index (χ1) is 12.2. The summed E-state index contributed by atoms with van der Waals surface area (Å²) in [7, 11) is 4.94. The first-order valence-corrected chi connectivity index (χ1v) is 7.87. The van der Waals surface area contributed by atoms with Crippen molar-refractivity contribution in [2.75, 3.05) is 38.1 Å². The highest BCUT2D eigenvalue weighted by molar-refractivity contribution is 5.85. The van der Waals surface area contributed by atoms with Crippen molar-refractivity contribution in [2.24, 2.45) is 4.99 Å². The maximum Gasteiger partial charge on any atom is 0.148 e. The van der Waals surface area contributed by atoms with Gasteiger partial charge < -0.3 is 24.4 Å². The highest BCUT2D eigenvalue weighted by Crippen LogP contribution is 2.41. The lowest BCUT2D eigenvalue weighted by Gasteiger charge is -2.25. The maximum atomic E-state index is 5.58. The Kier molecular flexibility index (Phi) is 5.09. The fourth-order valence-corrected chi connectivity index (χ4v) is 2.58. The number of aliphatic imine (C=N–C) groups is 1. The average molecular weight is 339 g/mol. The third kappa shape index (κ3) is 3.68. The number of methoxy groups -OCH3 is 3. The van der Waals surface area contributed by atoms with Crippen molar-refractivity contribution in [3.05, 3.63) is 48.8 Å². The Hall–Kier alpha value is -3.15. The third-order valence-corrected chi connectivity index (χ3v) is 3.90. The van der Waals surface area contributed by atoms with Crippen LogP contribution in [0.25, 0.3) is 0 Å². The molecule has 0 aliphatic carbocycles. The van der Waals surface area contributed by atoms with E-state index in [0.717, 1.165) is 28.6 Å². The predicted molar refractivity (Wildman–Crippen MR) is 101 cm³/mol. The monoisotopic (exact) mass is 339 g/mol. The number of nitrogens with zero attached hydrogens (tertiary/aromatic N) is 2. The molecule has 2 aromatic carbocycles. The van der Waals surface area contributed by atoms with Gasteiger partial charge in [-0.2, -0.15) is 0 Å². The molecule has 6 heteroatoms. The fraction of sp³-hybridized carbons (Fsp3) is 0.211. The summed E-state index contributed by atoms with van der Waals surface area (Å²) in [6, 6.07) is 11.6. The second-order valence-electron chi connectivity index (χ2n) is 5.36. The normalized spacial score (nSPS) is 12.8. The van der Waals surface area contributed by atoms with Gasteiger partial charge in [0.1, 0.15) is 22.9 Å². The van der Waals surface area contributed by atoms with Crippen LogP contribution < -0.4 is 24.4 Å². The van der Waals surface area contributed by atoms with Gasteiger partial charge in [0.15, 0.2) is 0 Å². The van der Waals surface area contributed by atoms with E-state index < -0.39 is 0 Å². The molecule has 0 spiro atoms. The summed E-state index contributed by atoms with van der Waals surface area (Å²) in [5.74, 6) is 2.23. The van der Waals surface area contributed by atoms with Crippen molar-refractivity contribution >= 4 is 23.3 Å². The second-order valence-corrected chi connectivity index (χ2v) is 5.36. The molecule has 6 nitrogen and oxygen atoms in total. The predicted octanol–water partition coefficient (Wildman–Crippen LogP) is 3.82. The van der Waals surface area contributed by atoms with Gasteiger partial charge in [-0.05, 0) is 24.3 Å². The molecular formula is C19H21N3O3. The highest BCUT2D eigenvalue weighted by Gasteiger charge is 2.17. The Bertz CT molecular complexity index is 785. The van der Waals surface area contributed by atoms with Crippen LogP contribution in [0.3, 0.4) is 0 Å². The molecule has 2 aromatic rings. The van der Waals surface area contributed by atoms with E-state index in [0.29, 0.717) is 12.3 Å². The maximum absolute atomic E-state index is 5.58. The minimum atomic E-state index is 0.671. The molecule has 0 bridgehead atoms. The van der Waals surface area contributed by atoms with Gasteiger partial charge in [0.2, 0.25) is 0 Å². The molecule has 1 aliphatic rings. The smallest absolute Gasteiger partial charge is 0.148 e. The standard InChI is InChI=1S/C19H21N3O3/c1-23-15-6-4-14(5-7-15)21-19-17(22-10-8-20-9-11-22)12-16(24-2)13-18(19)25-3/h4-10,12-13,21H,11H2,1-3H3. The molecule has 0 saturated carbocycles. The van der Waals surface area contributed by atoms with Crippen molar-refractivity contribution in [3.8, 4) is 17.2 Å². The number of benzene rings is 2. The van der Waals surface area contributed by atoms with Crippen molar-refractivity contribution in [1.82, 2.24) is 0 Å². The molecule has 1 N–H and O–H groups in total. The van der Waals surface area contributed by atoms with Crippen LogP contribution in [0, 0.1) is 0 Å².